The fraction of sp³-hybridized carbons (Fsp3) is 0.250. The molecule has 5 heterocycles. The minimum atomic E-state index is 0.675. The van der Waals surface area contributed by atoms with Gasteiger partial charge in [0.1, 0.15) is 16.9 Å². The van der Waals surface area contributed by atoms with E-state index in [2.05, 4.69) is 57.9 Å². The smallest absolute Gasteiger partial charge is 0.182 e. The summed E-state index contributed by atoms with van der Waals surface area (Å²) >= 11 is 1.63. The van der Waals surface area contributed by atoms with E-state index >= 15 is 0 Å². The number of nitrogens with zero attached hydrogens (tertiary/aromatic N) is 7. The van der Waals surface area contributed by atoms with Crippen LogP contribution >= 0.6 is 11.8 Å². The van der Waals surface area contributed by atoms with Gasteiger partial charge in [0.15, 0.2) is 17.3 Å². The van der Waals surface area contributed by atoms with Crippen molar-refractivity contribution in [2.75, 3.05) is 36.5 Å². The number of morpholine rings is 1. The van der Waals surface area contributed by atoms with Gasteiger partial charge < -0.3 is 19.5 Å². The molecular formula is C20H18N8OS. The largest absolute Gasteiger partial charge is 0.378 e. The van der Waals surface area contributed by atoms with Crippen molar-refractivity contribution >= 4 is 40.2 Å². The lowest BCUT2D eigenvalue weighted by Gasteiger charge is -2.28. The second kappa shape index (κ2) is 7.22. The molecule has 2 aliphatic heterocycles. The number of hydrogen-bond acceptors (Lipinski definition) is 9. The van der Waals surface area contributed by atoms with Crippen LogP contribution in [0.3, 0.4) is 0 Å². The maximum Gasteiger partial charge on any atom is 0.182 e. The zero-order valence-corrected chi connectivity index (χ0v) is 16.8. The molecule has 1 aromatic carbocycles. The summed E-state index contributed by atoms with van der Waals surface area (Å²) < 4.78 is 7.61. The van der Waals surface area contributed by atoms with Crippen LogP contribution in [0.4, 0.5) is 17.3 Å². The number of benzene rings is 1. The van der Waals surface area contributed by atoms with Crippen LogP contribution in [-0.2, 0) is 11.3 Å². The lowest BCUT2D eigenvalue weighted by Crippen LogP contribution is -2.37. The van der Waals surface area contributed by atoms with Crippen LogP contribution in [-0.4, -0.2) is 55.8 Å². The van der Waals surface area contributed by atoms with Gasteiger partial charge in [0, 0.05) is 36.9 Å². The molecule has 0 aliphatic carbocycles. The summed E-state index contributed by atoms with van der Waals surface area (Å²) in [6.07, 6.45) is 6.84. The van der Waals surface area contributed by atoms with Crippen LogP contribution in [0.15, 0.2) is 53.2 Å². The van der Waals surface area contributed by atoms with Crippen LogP contribution in [0.2, 0.25) is 0 Å². The molecule has 2 aliphatic rings. The van der Waals surface area contributed by atoms with Gasteiger partial charge in [-0.2, -0.15) is 0 Å². The number of hydrogen-bond donors (Lipinski definition) is 1. The fourth-order valence-corrected chi connectivity index (χ4v) is 4.68. The minimum Gasteiger partial charge on any atom is -0.378 e. The molecule has 0 spiro atoms. The molecule has 3 aromatic heterocycles. The standard InChI is InChI=1S/C20H18N8OS/c1-2-15-14(26-18-20(30-15)22-4-3-21-18)9-13(1)10-28-12-25-17-16(28)19(24-11-23-17)27-5-7-29-8-6-27/h1-4,9,11-12H,5-8,10H2,(H,21,26). The highest BCUT2D eigenvalue weighted by molar-refractivity contribution is 7.99. The Bertz CT molecular complexity index is 1240. The summed E-state index contributed by atoms with van der Waals surface area (Å²) in [7, 11) is 0. The zero-order chi connectivity index (χ0) is 19.9. The number of aromatic nitrogens is 6. The highest BCUT2D eigenvalue weighted by Gasteiger charge is 2.20. The molecule has 0 bridgehead atoms. The minimum absolute atomic E-state index is 0.675. The van der Waals surface area contributed by atoms with E-state index < -0.39 is 0 Å². The van der Waals surface area contributed by atoms with E-state index in [1.165, 1.54) is 0 Å². The first-order chi connectivity index (χ1) is 14.8. The topological polar surface area (TPSA) is 93.9 Å². The van der Waals surface area contributed by atoms with E-state index in [0.29, 0.717) is 25.4 Å². The Hall–Kier alpha value is -3.24. The van der Waals surface area contributed by atoms with Gasteiger partial charge in [-0.05, 0) is 17.7 Å². The van der Waals surface area contributed by atoms with Crippen molar-refractivity contribution in [2.24, 2.45) is 0 Å². The second-order valence-electron chi connectivity index (χ2n) is 7.11. The molecule has 6 rings (SSSR count). The van der Waals surface area contributed by atoms with Crippen LogP contribution in [0.1, 0.15) is 5.56 Å². The zero-order valence-electron chi connectivity index (χ0n) is 16.0. The van der Waals surface area contributed by atoms with Crippen molar-refractivity contribution in [1.29, 1.82) is 0 Å². The predicted molar refractivity (Wildman–Crippen MR) is 113 cm³/mol. The molecule has 4 aromatic rings. The van der Waals surface area contributed by atoms with Gasteiger partial charge in [0.05, 0.1) is 25.2 Å². The van der Waals surface area contributed by atoms with E-state index in [9.17, 15) is 0 Å². The predicted octanol–water partition coefficient (Wildman–Crippen LogP) is 2.71. The van der Waals surface area contributed by atoms with Gasteiger partial charge in [0.2, 0.25) is 0 Å². The van der Waals surface area contributed by atoms with Crippen LogP contribution in [0.5, 0.6) is 0 Å². The molecule has 150 valence electrons. The molecule has 0 radical (unpaired) electrons. The van der Waals surface area contributed by atoms with Crippen molar-refractivity contribution < 1.29 is 4.74 Å². The van der Waals surface area contributed by atoms with Gasteiger partial charge in [-0.3, -0.25) is 0 Å². The summed E-state index contributed by atoms with van der Waals surface area (Å²) in [5.41, 5.74) is 3.86. The summed E-state index contributed by atoms with van der Waals surface area (Å²) in [6, 6.07) is 6.42. The number of rotatable bonds is 3. The maximum atomic E-state index is 5.49. The number of fused-ring (bicyclic) bond motifs is 3. The Balaban J connectivity index is 1.34. The molecule has 0 amide bonds. The summed E-state index contributed by atoms with van der Waals surface area (Å²) in [6.45, 7) is 3.72. The molecule has 1 saturated heterocycles. The average Bonchev–Trinajstić information content (AvgIpc) is 3.21. The molecule has 10 heteroatoms. The molecular weight excluding hydrogens is 400 g/mol. The molecule has 1 fully saturated rings. The van der Waals surface area contributed by atoms with Gasteiger partial charge >= 0.3 is 0 Å². The van der Waals surface area contributed by atoms with Crippen molar-refractivity contribution in [2.45, 2.75) is 16.5 Å². The molecule has 0 atom stereocenters. The Labute approximate surface area is 176 Å². The van der Waals surface area contributed by atoms with Crippen LogP contribution in [0, 0.1) is 0 Å². The van der Waals surface area contributed by atoms with E-state index in [-0.39, 0.29) is 0 Å². The van der Waals surface area contributed by atoms with Crippen molar-refractivity contribution in [3.05, 3.63) is 48.8 Å². The monoisotopic (exact) mass is 418 g/mol. The third-order valence-corrected chi connectivity index (χ3v) is 6.29. The molecule has 30 heavy (non-hydrogen) atoms. The highest BCUT2D eigenvalue weighted by Crippen LogP contribution is 2.42. The van der Waals surface area contributed by atoms with Gasteiger partial charge in [-0.1, -0.05) is 17.8 Å². The van der Waals surface area contributed by atoms with E-state index in [0.717, 1.165) is 51.4 Å². The van der Waals surface area contributed by atoms with Crippen LogP contribution < -0.4 is 10.2 Å². The third-order valence-electron chi connectivity index (χ3n) is 5.22. The lowest BCUT2D eigenvalue weighted by atomic mass is 10.2. The second-order valence-corrected chi connectivity index (χ2v) is 8.14. The van der Waals surface area contributed by atoms with E-state index in [1.54, 1.807) is 30.5 Å². The highest BCUT2D eigenvalue weighted by atomic mass is 32.2. The van der Waals surface area contributed by atoms with E-state index in [1.807, 2.05) is 6.33 Å². The third kappa shape index (κ3) is 3.04. The first-order valence-electron chi connectivity index (χ1n) is 9.72. The normalized spacial score (nSPS) is 15.5. The molecule has 9 nitrogen and oxygen atoms in total. The number of anilines is 3. The number of imidazole rings is 1. The van der Waals surface area contributed by atoms with Crippen LogP contribution in [0.25, 0.3) is 11.2 Å². The number of ether oxygens (including phenoxy) is 1. The molecule has 0 saturated carbocycles. The van der Waals surface area contributed by atoms with Crippen molar-refractivity contribution in [3.63, 3.8) is 0 Å². The summed E-state index contributed by atoms with van der Waals surface area (Å²) in [5.74, 6) is 1.71. The molecule has 0 unspecified atom stereocenters. The van der Waals surface area contributed by atoms with Gasteiger partial charge in [0.25, 0.3) is 0 Å². The summed E-state index contributed by atoms with van der Waals surface area (Å²) in [5, 5.41) is 4.29. The Kier molecular flexibility index (Phi) is 4.24. The molecule has 1 N–H and O–H groups in total. The van der Waals surface area contributed by atoms with Gasteiger partial charge in [-0.25, -0.2) is 24.9 Å². The Morgan fingerprint density at radius 3 is 2.87 bits per heavy atom. The van der Waals surface area contributed by atoms with Crippen molar-refractivity contribution in [3.8, 4) is 0 Å². The lowest BCUT2D eigenvalue weighted by molar-refractivity contribution is 0.122. The SMILES string of the molecule is c1cnc2c(n1)Nc1cc(Cn3cnc4ncnc(N5CCOCC5)c43)ccc1S2. The fourth-order valence-electron chi connectivity index (χ4n) is 3.80. The maximum absolute atomic E-state index is 5.49. The van der Waals surface area contributed by atoms with Crippen molar-refractivity contribution in [1.82, 2.24) is 29.5 Å². The first kappa shape index (κ1) is 17.6. The summed E-state index contributed by atoms with van der Waals surface area (Å²) in [4.78, 5) is 25.6. The quantitative estimate of drug-likeness (QED) is 0.474. The number of nitrogens with one attached hydrogen (secondary N) is 1. The Morgan fingerprint density at radius 1 is 1.03 bits per heavy atom. The van der Waals surface area contributed by atoms with Gasteiger partial charge in [-0.15, -0.1) is 0 Å². The Morgan fingerprint density at radius 2 is 1.93 bits per heavy atom. The van der Waals surface area contributed by atoms with E-state index in [4.69, 9.17) is 4.74 Å². The first-order valence-corrected chi connectivity index (χ1v) is 10.5. The average molecular weight is 418 g/mol.